The van der Waals surface area contributed by atoms with Crippen LogP contribution < -0.4 is 15.4 Å². The number of urea groups is 1. The molecule has 3 rings (SSSR count). The van der Waals surface area contributed by atoms with Crippen LogP contribution in [0.5, 0.6) is 5.75 Å². The van der Waals surface area contributed by atoms with Crippen LogP contribution in [0.1, 0.15) is 5.76 Å². The molecular weight excluding hydrogens is 346 g/mol. The summed E-state index contributed by atoms with van der Waals surface area (Å²) in [5.74, 6) is -0.981. The van der Waals surface area contributed by atoms with Crippen molar-refractivity contribution in [2.45, 2.75) is 0 Å². The molecular formula is C16H11N3O7. The number of benzene rings is 1. The highest BCUT2D eigenvalue weighted by Gasteiger charge is 2.28. The van der Waals surface area contributed by atoms with E-state index < -0.39 is 22.8 Å². The van der Waals surface area contributed by atoms with E-state index in [9.17, 15) is 24.5 Å². The molecule has 0 bridgehead atoms. The summed E-state index contributed by atoms with van der Waals surface area (Å²) in [6, 6.07) is 6.09. The van der Waals surface area contributed by atoms with Gasteiger partial charge in [-0.3, -0.25) is 30.3 Å². The zero-order valence-electron chi connectivity index (χ0n) is 13.3. The zero-order valence-corrected chi connectivity index (χ0v) is 13.3. The van der Waals surface area contributed by atoms with Gasteiger partial charge in [0, 0.05) is 12.1 Å². The number of nitrogens with zero attached hydrogens (tertiary/aromatic N) is 1. The van der Waals surface area contributed by atoms with Crippen molar-refractivity contribution in [3.05, 3.63) is 51.8 Å². The van der Waals surface area contributed by atoms with Crippen LogP contribution in [-0.2, 0) is 9.59 Å². The van der Waals surface area contributed by atoms with Gasteiger partial charge in [0.05, 0.1) is 17.6 Å². The molecule has 2 N–H and O–H groups in total. The molecule has 0 aliphatic carbocycles. The molecule has 1 saturated heterocycles. The molecule has 0 atom stereocenters. The third-order valence-corrected chi connectivity index (χ3v) is 3.52. The Balaban J connectivity index is 1.98. The second-order valence-electron chi connectivity index (χ2n) is 5.14. The van der Waals surface area contributed by atoms with Gasteiger partial charge >= 0.3 is 6.03 Å². The normalized spacial score (nSPS) is 13.9. The molecule has 132 valence electrons. The number of non-ortho nitro benzene ring substituents is 1. The van der Waals surface area contributed by atoms with Crippen LogP contribution in [-0.4, -0.2) is 29.9 Å². The molecule has 1 aliphatic heterocycles. The first-order chi connectivity index (χ1) is 12.4. The number of carbonyl (C=O) groups excluding carboxylic acids is 3. The van der Waals surface area contributed by atoms with Crippen LogP contribution in [0.3, 0.4) is 0 Å². The fraction of sp³-hybridized carbons (Fsp3) is 0.0625. The zero-order chi connectivity index (χ0) is 18.8. The maximum atomic E-state index is 11.7. The second kappa shape index (κ2) is 6.51. The maximum absolute atomic E-state index is 11.7. The van der Waals surface area contributed by atoms with E-state index in [4.69, 9.17) is 9.15 Å². The van der Waals surface area contributed by atoms with E-state index in [2.05, 4.69) is 0 Å². The lowest BCUT2D eigenvalue weighted by molar-refractivity contribution is -0.384. The number of hydrogen-bond donors (Lipinski definition) is 2. The Bertz CT molecular complexity index is 952. The minimum absolute atomic E-state index is 0.142. The first-order valence-corrected chi connectivity index (χ1v) is 7.20. The Morgan fingerprint density at radius 1 is 1.12 bits per heavy atom. The van der Waals surface area contributed by atoms with Crippen LogP contribution in [0.15, 0.2) is 40.3 Å². The number of rotatable bonds is 4. The lowest BCUT2D eigenvalue weighted by atomic mass is 10.1. The summed E-state index contributed by atoms with van der Waals surface area (Å²) in [7, 11) is 1.41. The van der Waals surface area contributed by atoms with E-state index >= 15 is 0 Å². The molecule has 4 amide bonds. The third-order valence-electron chi connectivity index (χ3n) is 3.52. The molecule has 1 aromatic heterocycles. The molecule has 0 unspecified atom stereocenters. The molecule has 2 heterocycles. The summed E-state index contributed by atoms with van der Waals surface area (Å²) in [5.41, 5.74) is -0.128. The standard InChI is InChI=1S/C16H11N3O7/c1-25-12-4-2-8(19(23)24)6-10(12)13-5-3-9(26-13)7-11-14(20)17-16(22)18-15(11)21/h2-7H,1H3,(H2,17,18,20,21,22). The van der Waals surface area contributed by atoms with Crippen LogP contribution in [0.2, 0.25) is 0 Å². The van der Waals surface area contributed by atoms with Gasteiger partial charge in [-0.1, -0.05) is 0 Å². The first kappa shape index (κ1) is 16.9. The van der Waals surface area contributed by atoms with Gasteiger partial charge in [-0.15, -0.1) is 0 Å². The van der Waals surface area contributed by atoms with Gasteiger partial charge in [0.15, 0.2) is 0 Å². The topological polar surface area (TPSA) is 141 Å². The van der Waals surface area contributed by atoms with E-state index in [1.807, 2.05) is 10.6 Å². The van der Waals surface area contributed by atoms with Gasteiger partial charge in [-0.2, -0.15) is 0 Å². The van der Waals surface area contributed by atoms with E-state index in [1.54, 1.807) is 0 Å². The Hall–Kier alpha value is -3.95. The Kier molecular flexibility index (Phi) is 4.23. The average molecular weight is 357 g/mol. The first-order valence-electron chi connectivity index (χ1n) is 7.20. The number of ether oxygens (including phenoxy) is 1. The van der Waals surface area contributed by atoms with E-state index in [-0.39, 0.29) is 22.8 Å². The van der Waals surface area contributed by atoms with Gasteiger partial charge in [0.2, 0.25) is 0 Å². The van der Waals surface area contributed by atoms with Crippen molar-refractivity contribution in [2.24, 2.45) is 0 Å². The number of imide groups is 2. The smallest absolute Gasteiger partial charge is 0.328 e. The lowest BCUT2D eigenvalue weighted by Crippen LogP contribution is -2.51. The van der Waals surface area contributed by atoms with E-state index in [1.165, 1.54) is 37.4 Å². The highest BCUT2D eigenvalue weighted by molar-refractivity contribution is 6.31. The van der Waals surface area contributed by atoms with Gasteiger partial charge in [-0.25, -0.2) is 4.79 Å². The third kappa shape index (κ3) is 3.15. The van der Waals surface area contributed by atoms with Crippen molar-refractivity contribution in [1.29, 1.82) is 0 Å². The molecule has 0 spiro atoms. The maximum Gasteiger partial charge on any atom is 0.328 e. The predicted octanol–water partition coefficient (Wildman–Crippen LogP) is 1.61. The number of nitro benzene ring substituents is 1. The summed E-state index contributed by atoms with van der Waals surface area (Å²) < 4.78 is 10.7. The quantitative estimate of drug-likeness (QED) is 0.366. The summed E-state index contributed by atoms with van der Waals surface area (Å²) in [4.78, 5) is 44.9. The summed E-state index contributed by atoms with van der Waals surface area (Å²) in [5, 5.41) is 14.8. The lowest BCUT2D eigenvalue weighted by Gasteiger charge is -2.13. The SMILES string of the molecule is COc1ccc([N+](=O)[O-])cc1-c1ccc(C=C2C(=O)NC(=O)NC2=O)o1. The average Bonchev–Trinajstić information content (AvgIpc) is 3.06. The summed E-state index contributed by atoms with van der Waals surface area (Å²) in [6.07, 6.45) is 1.16. The van der Waals surface area contributed by atoms with Crippen molar-refractivity contribution in [3.63, 3.8) is 0 Å². The number of methoxy groups -OCH3 is 1. The fourth-order valence-corrected chi connectivity index (χ4v) is 2.33. The van der Waals surface area contributed by atoms with Gasteiger partial charge in [0.1, 0.15) is 22.8 Å². The minimum Gasteiger partial charge on any atom is -0.496 e. The van der Waals surface area contributed by atoms with Gasteiger partial charge in [0.25, 0.3) is 17.5 Å². The molecule has 10 heteroatoms. The molecule has 1 aliphatic rings. The number of amides is 4. The number of hydrogen-bond acceptors (Lipinski definition) is 7. The van der Waals surface area contributed by atoms with Crippen molar-refractivity contribution in [3.8, 4) is 17.1 Å². The molecule has 26 heavy (non-hydrogen) atoms. The van der Waals surface area contributed by atoms with E-state index in [0.29, 0.717) is 11.3 Å². The number of nitro groups is 1. The highest BCUT2D eigenvalue weighted by Crippen LogP contribution is 2.34. The highest BCUT2D eigenvalue weighted by atomic mass is 16.6. The van der Waals surface area contributed by atoms with Crippen molar-refractivity contribution < 1.29 is 28.5 Å². The fourth-order valence-electron chi connectivity index (χ4n) is 2.33. The molecule has 1 aromatic carbocycles. The second-order valence-corrected chi connectivity index (χ2v) is 5.14. The number of furan rings is 1. The van der Waals surface area contributed by atoms with Crippen molar-refractivity contribution >= 4 is 29.6 Å². The summed E-state index contributed by atoms with van der Waals surface area (Å²) in [6.45, 7) is 0. The summed E-state index contributed by atoms with van der Waals surface area (Å²) >= 11 is 0. The van der Waals surface area contributed by atoms with Crippen LogP contribution in [0, 0.1) is 10.1 Å². The molecule has 0 saturated carbocycles. The van der Waals surface area contributed by atoms with Crippen molar-refractivity contribution in [2.75, 3.05) is 7.11 Å². The molecule has 0 radical (unpaired) electrons. The Labute approximate surface area is 145 Å². The number of nitrogens with one attached hydrogen (secondary N) is 2. The number of barbiturate groups is 1. The molecule has 2 aromatic rings. The number of carbonyl (C=O) groups is 3. The minimum atomic E-state index is -0.904. The largest absolute Gasteiger partial charge is 0.496 e. The molecule has 10 nitrogen and oxygen atoms in total. The van der Waals surface area contributed by atoms with Gasteiger partial charge < -0.3 is 9.15 Å². The Morgan fingerprint density at radius 2 is 1.81 bits per heavy atom. The monoisotopic (exact) mass is 357 g/mol. The van der Waals surface area contributed by atoms with Crippen molar-refractivity contribution in [1.82, 2.24) is 10.6 Å². The van der Waals surface area contributed by atoms with E-state index in [0.717, 1.165) is 6.08 Å². The molecule has 1 fully saturated rings. The Morgan fingerprint density at radius 3 is 2.42 bits per heavy atom. The van der Waals surface area contributed by atoms with Gasteiger partial charge in [-0.05, 0) is 24.3 Å². The van der Waals surface area contributed by atoms with Crippen LogP contribution in [0.4, 0.5) is 10.5 Å². The van der Waals surface area contributed by atoms with Crippen LogP contribution in [0.25, 0.3) is 17.4 Å². The van der Waals surface area contributed by atoms with Crippen LogP contribution >= 0.6 is 0 Å². The predicted molar refractivity (Wildman–Crippen MR) is 87.0 cm³/mol.